The van der Waals surface area contributed by atoms with Gasteiger partial charge in [0, 0.05) is 6.42 Å². The van der Waals surface area contributed by atoms with Crippen LogP contribution in [0.2, 0.25) is 0 Å². The summed E-state index contributed by atoms with van der Waals surface area (Å²) in [6.07, 6.45) is 5.21. The number of hydrogen-bond donors (Lipinski definition) is 0. The van der Waals surface area contributed by atoms with Crippen LogP contribution in [0.1, 0.15) is 47.5 Å². The zero-order valence-corrected chi connectivity index (χ0v) is 13.4. The van der Waals surface area contributed by atoms with Crippen LogP contribution in [0.25, 0.3) is 0 Å². The fourth-order valence-electron chi connectivity index (χ4n) is 2.06. The van der Waals surface area contributed by atoms with Crippen LogP contribution in [-0.2, 0) is 10.9 Å². The van der Waals surface area contributed by atoms with Crippen LogP contribution in [0.5, 0.6) is 0 Å². The molecule has 0 aliphatic rings. The number of unbranched alkanes of at least 4 members (excludes halogenated alkanes) is 1. The van der Waals surface area contributed by atoms with E-state index in [1.807, 2.05) is 0 Å². The Balaban J connectivity index is 3.96. The average Bonchev–Trinajstić information content (AvgIpc) is 2.22. The average molecular weight is 247 g/mol. The molecular formula is C14H33NS+2. The van der Waals surface area contributed by atoms with Crippen molar-refractivity contribution in [3.63, 3.8) is 0 Å². The highest BCUT2D eigenvalue weighted by atomic mass is 32.2. The highest BCUT2D eigenvalue weighted by Gasteiger charge is 2.28. The highest BCUT2D eigenvalue weighted by molar-refractivity contribution is 7.96. The molecule has 0 radical (unpaired) electrons. The minimum Gasteiger partial charge on any atom is -0.322 e. The molecule has 0 heterocycles. The van der Waals surface area contributed by atoms with Gasteiger partial charge in [0.2, 0.25) is 0 Å². The smallest absolute Gasteiger partial charge is 0.108 e. The van der Waals surface area contributed by atoms with Crippen molar-refractivity contribution in [2.24, 2.45) is 0 Å². The van der Waals surface area contributed by atoms with Crippen LogP contribution >= 0.6 is 0 Å². The molecule has 0 rings (SSSR count). The molecule has 0 aromatic heterocycles. The van der Waals surface area contributed by atoms with Crippen LogP contribution in [-0.4, -0.2) is 47.9 Å². The fraction of sp³-hybridized carbons (Fsp3) is 1.00. The Hall–Kier alpha value is 0.310. The largest absolute Gasteiger partial charge is 0.322 e. The van der Waals surface area contributed by atoms with Gasteiger partial charge in [-0.05, 0) is 51.9 Å². The van der Waals surface area contributed by atoms with E-state index >= 15 is 0 Å². The van der Waals surface area contributed by atoms with Crippen molar-refractivity contribution in [2.75, 3.05) is 31.4 Å². The summed E-state index contributed by atoms with van der Waals surface area (Å²) in [7, 11) is 3.08. The normalized spacial score (nSPS) is 14.8. The molecule has 98 valence electrons. The molecule has 0 amide bonds. The highest BCUT2D eigenvalue weighted by Crippen LogP contribution is 2.17. The second kappa shape index (κ2) is 7.60. The topological polar surface area (TPSA) is 0 Å². The Bertz CT molecular complexity index is 170. The van der Waals surface area contributed by atoms with Gasteiger partial charge >= 0.3 is 0 Å². The monoisotopic (exact) mass is 247 g/mol. The Morgan fingerprint density at radius 1 is 1.00 bits per heavy atom. The van der Waals surface area contributed by atoms with Crippen molar-refractivity contribution in [3.05, 3.63) is 0 Å². The SMILES string of the molecule is CC[S+](C)CCCC[N+](C)(C(C)C)C(C)C. The zero-order valence-electron chi connectivity index (χ0n) is 12.5. The standard InChI is InChI=1S/C14H33NS/c1-8-16(7)12-10-9-11-15(6,13(2)3)14(4)5/h13-14H,8-12H2,1-7H3/q+2. The van der Waals surface area contributed by atoms with Gasteiger partial charge in [-0.25, -0.2) is 0 Å². The summed E-state index contributed by atoms with van der Waals surface area (Å²) < 4.78 is 1.23. The van der Waals surface area contributed by atoms with Gasteiger partial charge in [0.15, 0.2) is 0 Å². The summed E-state index contributed by atoms with van der Waals surface area (Å²) >= 11 is 0. The summed E-state index contributed by atoms with van der Waals surface area (Å²) in [6, 6.07) is 1.48. The Kier molecular flexibility index (Phi) is 7.75. The third-order valence-electron chi connectivity index (χ3n) is 4.23. The van der Waals surface area contributed by atoms with E-state index in [0.717, 1.165) is 12.1 Å². The number of rotatable bonds is 8. The van der Waals surface area contributed by atoms with E-state index in [1.54, 1.807) is 0 Å². The Morgan fingerprint density at radius 3 is 1.88 bits per heavy atom. The van der Waals surface area contributed by atoms with Crippen LogP contribution in [0.3, 0.4) is 0 Å². The summed E-state index contributed by atoms with van der Waals surface area (Å²) in [5.74, 6) is 2.80. The molecule has 1 nitrogen and oxygen atoms in total. The van der Waals surface area contributed by atoms with Gasteiger partial charge in [0.05, 0.1) is 31.9 Å². The van der Waals surface area contributed by atoms with E-state index in [2.05, 4.69) is 47.9 Å². The first-order valence-corrected chi connectivity index (χ1v) is 8.75. The Labute approximate surface area is 107 Å². The fourth-order valence-corrected chi connectivity index (χ4v) is 3.04. The number of quaternary nitrogens is 1. The van der Waals surface area contributed by atoms with E-state index in [0.29, 0.717) is 10.9 Å². The van der Waals surface area contributed by atoms with Crippen LogP contribution < -0.4 is 0 Å². The summed E-state index contributed by atoms with van der Waals surface area (Å²) in [5, 5.41) is 0. The summed E-state index contributed by atoms with van der Waals surface area (Å²) in [5.41, 5.74) is 0. The molecule has 0 saturated heterocycles. The molecule has 0 N–H and O–H groups in total. The van der Waals surface area contributed by atoms with Crippen molar-refractivity contribution >= 4 is 10.9 Å². The lowest BCUT2D eigenvalue weighted by atomic mass is 10.1. The van der Waals surface area contributed by atoms with Gasteiger partial charge in [-0.15, -0.1) is 0 Å². The maximum atomic E-state index is 2.42. The first kappa shape index (κ1) is 16.3. The predicted octanol–water partition coefficient (Wildman–Crippen LogP) is 3.30. The first-order valence-electron chi connectivity index (χ1n) is 6.78. The van der Waals surface area contributed by atoms with Crippen LogP contribution in [0, 0.1) is 0 Å². The first-order chi connectivity index (χ1) is 7.34. The van der Waals surface area contributed by atoms with Crippen molar-refractivity contribution in [1.82, 2.24) is 0 Å². The molecule has 0 spiro atoms. The van der Waals surface area contributed by atoms with E-state index in [4.69, 9.17) is 0 Å². The van der Waals surface area contributed by atoms with E-state index in [-0.39, 0.29) is 0 Å². The van der Waals surface area contributed by atoms with Gasteiger partial charge in [-0.3, -0.25) is 0 Å². The van der Waals surface area contributed by atoms with Gasteiger partial charge in [0.1, 0.15) is 11.5 Å². The van der Waals surface area contributed by atoms with Crippen molar-refractivity contribution < 1.29 is 4.48 Å². The molecule has 0 aliphatic heterocycles. The Morgan fingerprint density at radius 2 is 1.50 bits per heavy atom. The molecule has 1 unspecified atom stereocenters. The predicted molar refractivity (Wildman–Crippen MR) is 79.3 cm³/mol. The van der Waals surface area contributed by atoms with Gasteiger partial charge < -0.3 is 4.48 Å². The molecule has 0 aromatic carbocycles. The molecule has 0 aliphatic carbocycles. The van der Waals surface area contributed by atoms with Crippen LogP contribution in [0.4, 0.5) is 0 Å². The molecule has 0 fully saturated rings. The third kappa shape index (κ3) is 5.09. The molecule has 16 heavy (non-hydrogen) atoms. The third-order valence-corrected chi connectivity index (χ3v) is 6.21. The number of hydrogen-bond acceptors (Lipinski definition) is 0. The minimum absolute atomic E-state index is 0.666. The van der Waals surface area contributed by atoms with Crippen molar-refractivity contribution in [3.8, 4) is 0 Å². The maximum absolute atomic E-state index is 2.42. The minimum atomic E-state index is 0.666. The van der Waals surface area contributed by atoms with E-state index in [9.17, 15) is 0 Å². The zero-order chi connectivity index (χ0) is 12.8. The summed E-state index contributed by atoms with van der Waals surface area (Å²) in [6.45, 7) is 13.1. The quantitative estimate of drug-likeness (QED) is 0.351. The van der Waals surface area contributed by atoms with Crippen molar-refractivity contribution in [1.29, 1.82) is 0 Å². The van der Waals surface area contributed by atoms with Crippen molar-refractivity contribution in [2.45, 2.75) is 59.5 Å². The maximum Gasteiger partial charge on any atom is 0.108 e. The summed E-state index contributed by atoms with van der Waals surface area (Å²) in [4.78, 5) is 0. The second-order valence-electron chi connectivity index (χ2n) is 5.74. The van der Waals surface area contributed by atoms with E-state index in [1.165, 1.54) is 35.4 Å². The van der Waals surface area contributed by atoms with Crippen LogP contribution in [0.15, 0.2) is 0 Å². The molecule has 0 saturated carbocycles. The number of nitrogens with zero attached hydrogens (tertiary/aromatic N) is 1. The lowest BCUT2D eigenvalue weighted by Gasteiger charge is -2.42. The molecule has 1 atom stereocenters. The molecule has 2 heteroatoms. The molecular weight excluding hydrogens is 214 g/mol. The second-order valence-corrected chi connectivity index (χ2v) is 8.29. The molecule has 0 bridgehead atoms. The van der Waals surface area contributed by atoms with Gasteiger partial charge in [-0.1, -0.05) is 0 Å². The van der Waals surface area contributed by atoms with Gasteiger partial charge in [0.25, 0.3) is 0 Å². The lowest BCUT2D eigenvalue weighted by Crippen LogP contribution is -2.55. The van der Waals surface area contributed by atoms with E-state index < -0.39 is 0 Å². The lowest BCUT2D eigenvalue weighted by molar-refractivity contribution is -0.949. The van der Waals surface area contributed by atoms with Gasteiger partial charge in [-0.2, -0.15) is 0 Å². The molecule has 0 aromatic rings.